The van der Waals surface area contributed by atoms with Crippen LogP contribution >= 0.6 is 0 Å². The average Bonchev–Trinajstić information content (AvgIpc) is 2.49. The van der Waals surface area contributed by atoms with Crippen LogP contribution < -0.4 is 5.56 Å². The average molecular weight is 162 g/mol. The van der Waals surface area contributed by atoms with Gasteiger partial charge in [0.2, 0.25) is 0 Å². The van der Waals surface area contributed by atoms with Crippen LogP contribution in [0.4, 0.5) is 0 Å². The van der Waals surface area contributed by atoms with Gasteiger partial charge in [0.15, 0.2) is 0 Å². The number of imidazole rings is 1. The van der Waals surface area contributed by atoms with Gasteiger partial charge >= 0.3 is 0 Å². The molecule has 62 valence electrons. The molecule has 0 aliphatic carbocycles. The van der Waals surface area contributed by atoms with Crippen molar-refractivity contribution in [3.05, 3.63) is 40.4 Å². The lowest BCUT2D eigenvalue weighted by Crippen LogP contribution is -2.08. The van der Waals surface area contributed by atoms with E-state index in [1.165, 1.54) is 0 Å². The van der Waals surface area contributed by atoms with Crippen LogP contribution in [0.1, 0.15) is 12.6 Å². The molecule has 0 fully saturated rings. The number of fused-ring (bicyclic) bond motifs is 1. The van der Waals surface area contributed by atoms with Crippen molar-refractivity contribution >= 4 is 5.65 Å². The zero-order chi connectivity index (χ0) is 8.55. The molecule has 2 aromatic heterocycles. The maximum atomic E-state index is 11.3. The molecule has 2 rings (SSSR count). The third kappa shape index (κ3) is 0.942. The summed E-state index contributed by atoms with van der Waals surface area (Å²) in [6, 6.07) is 5.20. The molecule has 0 aliphatic rings. The molecule has 0 unspecified atom stereocenters. The summed E-state index contributed by atoms with van der Waals surface area (Å²) in [5, 5.41) is 0. The molecule has 0 saturated carbocycles. The van der Waals surface area contributed by atoms with Gasteiger partial charge in [-0.2, -0.15) is 0 Å². The minimum atomic E-state index is 0.0171. The highest BCUT2D eigenvalue weighted by Crippen LogP contribution is 2.01. The van der Waals surface area contributed by atoms with Gasteiger partial charge < -0.3 is 4.98 Å². The summed E-state index contributed by atoms with van der Waals surface area (Å²) in [4.78, 5) is 14.4. The largest absolute Gasteiger partial charge is 0.343 e. The molecule has 0 aromatic carbocycles. The van der Waals surface area contributed by atoms with E-state index < -0.39 is 0 Å². The Morgan fingerprint density at radius 3 is 3.00 bits per heavy atom. The molecule has 0 aliphatic heterocycles. The fraction of sp³-hybridized carbons (Fsp3) is 0.222. The van der Waals surface area contributed by atoms with Crippen molar-refractivity contribution in [3.63, 3.8) is 0 Å². The van der Waals surface area contributed by atoms with E-state index in [2.05, 4.69) is 11.9 Å². The van der Waals surface area contributed by atoms with Crippen molar-refractivity contribution in [2.24, 2.45) is 0 Å². The maximum absolute atomic E-state index is 11.3. The summed E-state index contributed by atoms with van der Waals surface area (Å²) in [5.74, 6) is 0. The normalized spacial score (nSPS) is 10.8. The number of H-pyrrole nitrogens is 1. The quantitative estimate of drug-likeness (QED) is 0.672. The van der Waals surface area contributed by atoms with E-state index in [1.54, 1.807) is 16.5 Å². The number of rotatable bonds is 1. The number of nitrogens with one attached hydrogen (secondary N) is 1. The summed E-state index contributed by atoms with van der Waals surface area (Å²) in [7, 11) is 0. The van der Waals surface area contributed by atoms with Gasteiger partial charge in [-0.15, -0.1) is 0 Å². The van der Waals surface area contributed by atoms with Crippen molar-refractivity contribution < 1.29 is 0 Å². The standard InChI is InChI=1S/C9H10N2O/c1-2-7-6-11-8(10-7)4-3-5-9(11)12/h3-6,10H,2H2,1H3. The van der Waals surface area contributed by atoms with Gasteiger partial charge in [-0.05, 0) is 12.5 Å². The Hall–Kier alpha value is -1.51. The summed E-state index contributed by atoms with van der Waals surface area (Å²) in [5.41, 5.74) is 1.96. The summed E-state index contributed by atoms with van der Waals surface area (Å²) in [6.45, 7) is 2.05. The number of pyridine rings is 1. The van der Waals surface area contributed by atoms with Crippen LogP contribution in [0.2, 0.25) is 0 Å². The summed E-state index contributed by atoms with van der Waals surface area (Å²) in [6.07, 6.45) is 2.76. The Bertz CT molecular complexity index is 453. The van der Waals surface area contributed by atoms with Gasteiger partial charge in [0.05, 0.1) is 0 Å². The molecule has 2 heterocycles. The molecule has 12 heavy (non-hydrogen) atoms. The number of aromatic nitrogens is 2. The predicted octanol–water partition coefficient (Wildman–Crippen LogP) is 1.19. The molecule has 0 amide bonds. The van der Waals surface area contributed by atoms with Gasteiger partial charge in [0.1, 0.15) is 5.65 Å². The summed E-state index contributed by atoms with van der Waals surface area (Å²) >= 11 is 0. The van der Waals surface area contributed by atoms with Crippen molar-refractivity contribution in [2.45, 2.75) is 13.3 Å². The molecular weight excluding hydrogens is 152 g/mol. The Balaban J connectivity index is 2.83. The van der Waals surface area contributed by atoms with E-state index in [1.807, 2.05) is 12.3 Å². The first kappa shape index (κ1) is 7.16. The molecule has 0 spiro atoms. The van der Waals surface area contributed by atoms with E-state index in [0.717, 1.165) is 17.8 Å². The SMILES string of the molecule is CCc1cn2c(=O)cccc2[nH]1. The van der Waals surface area contributed by atoms with Crippen molar-refractivity contribution in [1.29, 1.82) is 0 Å². The highest BCUT2D eigenvalue weighted by Gasteiger charge is 1.97. The third-order valence-corrected chi connectivity index (χ3v) is 1.94. The van der Waals surface area contributed by atoms with Crippen LogP contribution in [0.15, 0.2) is 29.2 Å². The highest BCUT2D eigenvalue weighted by molar-refractivity contribution is 5.39. The van der Waals surface area contributed by atoms with Crippen molar-refractivity contribution in [2.75, 3.05) is 0 Å². The number of nitrogens with zero attached hydrogens (tertiary/aromatic N) is 1. The molecule has 2 aromatic rings. The number of aromatic amines is 1. The van der Waals surface area contributed by atoms with Crippen LogP contribution in [0, 0.1) is 0 Å². The zero-order valence-electron chi connectivity index (χ0n) is 6.87. The molecule has 3 heteroatoms. The van der Waals surface area contributed by atoms with Gasteiger partial charge in [0, 0.05) is 18.0 Å². The van der Waals surface area contributed by atoms with Gasteiger partial charge in [-0.1, -0.05) is 13.0 Å². The lowest BCUT2D eigenvalue weighted by atomic mass is 10.4. The van der Waals surface area contributed by atoms with Crippen LogP contribution in [-0.4, -0.2) is 9.38 Å². The number of hydrogen-bond donors (Lipinski definition) is 1. The molecule has 1 N–H and O–H groups in total. The molecule has 0 bridgehead atoms. The van der Waals surface area contributed by atoms with E-state index in [4.69, 9.17) is 0 Å². The summed E-state index contributed by atoms with van der Waals surface area (Å²) < 4.78 is 1.62. The smallest absolute Gasteiger partial charge is 0.256 e. The van der Waals surface area contributed by atoms with Crippen molar-refractivity contribution in [3.8, 4) is 0 Å². The van der Waals surface area contributed by atoms with Gasteiger partial charge in [-0.3, -0.25) is 9.20 Å². The first-order valence-electron chi connectivity index (χ1n) is 4.00. The van der Waals surface area contributed by atoms with E-state index in [0.29, 0.717) is 0 Å². The second-order valence-corrected chi connectivity index (χ2v) is 2.75. The Morgan fingerprint density at radius 1 is 1.50 bits per heavy atom. The van der Waals surface area contributed by atoms with Gasteiger partial charge in [-0.25, -0.2) is 0 Å². The Kier molecular flexibility index (Phi) is 1.50. The monoisotopic (exact) mass is 162 g/mol. The fourth-order valence-corrected chi connectivity index (χ4v) is 1.27. The lowest BCUT2D eigenvalue weighted by molar-refractivity contribution is 1.06. The maximum Gasteiger partial charge on any atom is 0.256 e. The molecular formula is C9H10N2O. The Labute approximate surface area is 69.7 Å². The van der Waals surface area contributed by atoms with Gasteiger partial charge in [0.25, 0.3) is 5.56 Å². The minimum Gasteiger partial charge on any atom is -0.343 e. The highest BCUT2D eigenvalue weighted by atomic mass is 16.1. The number of hydrogen-bond acceptors (Lipinski definition) is 1. The number of aryl methyl sites for hydroxylation is 1. The first-order chi connectivity index (χ1) is 5.81. The molecule has 0 radical (unpaired) electrons. The van der Waals surface area contributed by atoms with Crippen LogP contribution in [-0.2, 0) is 6.42 Å². The first-order valence-corrected chi connectivity index (χ1v) is 4.00. The van der Waals surface area contributed by atoms with E-state index >= 15 is 0 Å². The molecule has 0 atom stereocenters. The fourth-order valence-electron chi connectivity index (χ4n) is 1.27. The zero-order valence-corrected chi connectivity index (χ0v) is 6.87. The van der Waals surface area contributed by atoms with Crippen molar-refractivity contribution in [1.82, 2.24) is 9.38 Å². The van der Waals surface area contributed by atoms with Crippen LogP contribution in [0.5, 0.6) is 0 Å². The van der Waals surface area contributed by atoms with Crippen LogP contribution in [0.25, 0.3) is 5.65 Å². The molecule has 3 nitrogen and oxygen atoms in total. The second-order valence-electron chi connectivity index (χ2n) is 2.75. The Morgan fingerprint density at radius 2 is 2.33 bits per heavy atom. The predicted molar refractivity (Wildman–Crippen MR) is 47.4 cm³/mol. The third-order valence-electron chi connectivity index (χ3n) is 1.94. The van der Waals surface area contributed by atoms with Crippen LogP contribution in [0.3, 0.4) is 0 Å². The second kappa shape index (κ2) is 2.52. The molecule has 0 saturated heterocycles. The van der Waals surface area contributed by atoms with E-state index in [9.17, 15) is 4.79 Å². The lowest BCUT2D eigenvalue weighted by Gasteiger charge is -1.87. The topological polar surface area (TPSA) is 37.3 Å². The van der Waals surface area contributed by atoms with E-state index in [-0.39, 0.29) is 5.56 Å². The minimum absolute atomic E-state index is 0.0171.